The molecule has 2 N–H and O–H groups in total. The topological polar surface area (TPSA) is 108 Å². The monoisotopic (exact) mass is 365 g/mol. The number of nitriles is 1. The SMILES string of the molecule is Cc1cc(C)cc(NC(=O)COC(=O)c2ccc(NC(=O)CC#N)cc2)c1. The lowest BCUT2D eigenvalue weighted by atomic mass is 10.1. The van der Waals surface area contributed by atoms with Gasteiger partial charge in [0.1, 0.15) is 6.42 Å². The highest BCUT2D eigenvalue weighted by Crippen LogP contribution is 2.14. The second-order valence-electron chi connectivity index (χ2n) is 5.96. The number of rotatable bonds is 6. The summed E-state index contributed by atoms with van der Waals surface area (Å²) in [5, 5.41) is 13.7. The minimum absolute atomic E-state index is 0.243. The highest BCUT2D eigenvalue weighted by atomic mass is 16.5. The zero-order valence-electron chi connectivity index (χ0n) is 15.0. The first kappa shape index (κ1) is 19.7. The van der Waals surface area contributed by atoms with Crippen LogP contribution >= 0.6 is 0 Å². The normalized spacial score (nSPS) is 9.81. The standard InChI is InChI=1S/C20H19N3O4/c1-13-9-14(2)11-17(10-13)23-19(25)12-27-20(26)15-3-5-16(6-4-15)22-18(24)7-8-21/h3-6,9-11H,7,12H2,1-2H3,(H,22,24)(H,23,25). The molecule has 0 unspecified atom stereocenters. The molecule has 138 valence electrons. The van der Waals surface area contributed by atoms with Gasteiger partial charge in [0.15, 0.2) is 6.61 Å². The second-order valence-corrected chi connectivity index (χ2v) is 5.96. The van der Waals surface area contributed by atoms with Crippen molar-refractivity contribution in [3.05, 3.63) is 59.2 Å². The lowest BCUT2D eigenvalue weighted by molar-refractivity contribution is -0.119. The summed E-state index contributed by atoms with van der Waals surface area (Å²) < 4.78 is 5.00. The predicted molar refractivity (Wildman–Crippen MR) is 100 cm³/mol. The van der Waals surface area contributed by atoms with Crippen molar-refractivity contribution in [3.63, 3.8) is 0 Å². The van der Waals surface area contributed by atoms with E-state index < -0.39 is 24.4 Å². The van der Waals surface area contributed by atoms with E-state index in [1.54, 1.807) is 6.07 Å². The molecule has 2 amide bonds. The number of nitrogens with one attached hydrogen (secondary N) is 2. The summed E-state index contributed by atoms with van der Waals surface area (Å²) in [7, 11) is 0. The molecule has 0 heterocycles. The van der Waals surface area contributed by atoms with Crippen molar-refractivity contribution in [2.45, 2.75) is 20.3 Å². The Kier molecular flexibility index (Phi) is 6.67. The van der Waals surface area contributed by atoms with Crippen LogP contribution < -0.4 is 10.6 Å². The number of aryl methyl sites for hydroxylation is 2. The van der Waals surface area contributed by atoms with Crippen LogP contribution in [0.2, 0.25) is 0 Å². The van der Waals surface area contributed by atoms with Gasteiger partial charge in [0, 0.05) is 11.4 Å². The number of esters is 1. The van der Waals surface area contributed by atoms with Gasteiger partial charge in [-0.3, -0.25) is 9.59 Å². The Morgan fingerprint density at radius 3 is 2.11 bits per heavy atom. The fourth-order valence-electron chi connectivity index (χ4n) is 2.42. The smallest absolute Gasteiger partial charge is 0.338 e. The Bertz CT molecular complexity index is 878. The van der Waals surface area contributed by atoms with Gasteiger partial charge >= 0.3 is 5.97 Å². The number of anilines is 2. The van der Waals surface area contributed by atoms with E-state index in [9.17, 15) is 14.4 Å². The Hall–Kier alpha value is -3.66. The van der Waals surface area contributed by atoms with Crippen LogP contribution in [0.4, 0.5) is 11.4 Å². The van der Waals surface area contributed by atoms with Crippen molar-refractivity contribution < 1.29 is 19.1 Å². The molecular weight excluding hydrogens is 346 g/mol. The first-order valence-corrected chi connectivity index (χ1v) is 8.19. The molecule has 0 aliphatic heterocycles. The van der Waals surface area contributed by atoms with E-state index in [-0.39, 0.29) is 12.0 Å². The maximum absolute atomic E-state index is 12.0. The summed E-state index contributed by atoms with van der Waals surface area (Å²) in [6.07, 6.45) is -0.251. The molecule has 0 saturated carbocycles. The molecule has 7 heteroatoms. The molecule has 27 heavy (non-hydrogen) atoms. The van der Waals surface area contributed by atoms with Gasteiger partial charge in [-0.05, 0) is 61.4 Å². The van der Waals surface area contributed by atoms with E-state index in [4.69, 9.17) is 10.00 Å². The van der Waals surface area contributed by atoms with E-state index in [2.05, 4.69) is 10.6 Å². The summed E-state index contributed by atoms with van der Waals surface area (Å²) in [4.78, 5) is 35.3. The molecule has 0 radical (unpaired) electrons. The van der Waals surface area contributed by atoms with Crippen LogP contribution in [-0.2, 0) is 14.3 Å². The number of carbonyl (C=O) groups is 3. The zero-order valence-corrected chi connectivity index (χ0v) is 15.0. The summed E-state index contributed by atoms with van der Waals surface area (Å²) in [6.45, 7) is 3.44. The van der Waals surface area contributed by atoms with Crippen molar-refractivity contribution in [2.75, 3.05) is 17.2 Å². The quantitative estimate of drug-likeness (QED) is 0.765. The molecule has 0 aliphatic carbocycles. The third-order valence-corrected chi connectivity index (χ3v) is 3.48. The molecule has 7 nitrogen and oxygen atoms in total. The maximum Gasteiger partial charge on any atom is 0.338 e. The van der Waals surface area contributed by atoms with Gasteiger partial charge in [0.25, 0.3) is 5.91 Å². The van der Waals surface area contributed by atoms with Crippen molar-refractivity contribution >= 4 is 29.2 Å². The van der Waals surface area contributed by atoms with Gasteiger partial charge < -0.3 is 15.4 Å². The lowest BCUT2D eigenvalue weighted by Gasteiger charge is -2.09. The van der Waals surface area contributed by atoms with Gasteiger partial charge in [-0.1, -0.05) is 6.07 Å². The number of ether oxygens (including phenoxy) is 1. The number of hydrogen-bond donors (Lipinski definition) is 2. The summed E-state index contributed by atoms with van der Waals surface area (Å²) >= 11 is 0. The Morgan fingerprint density at radius 2 is 1.52 bits per heavy atom. The van der Waals surface area contributed by atoms with Crippen LogP contribution in [0.25, 0.3) is 0 Å². The average Bonchev–Trinajstić information content (AvgIpc) is 2.59. The number of nitrogens with zero attached hydrogens (tertiary/aromatic N) is 1. The highest BCUT2D eigenvalue weighted by Gasteiger charge is 2.11. The largest absolute Gasteiger partial charge is 0.452 e. The van der Waals surface area contributed by atoms with Crippen LogP contribution in [0.3, 0.4) is 0 Å². The van der Waals surface area contributed by atoms with Crippen LogP contribution in [-0.4, -0.2) is 24.4 Å². The number of hydrogen-bond acceptors (Lipinski definition) is 5. The van der Waals surface area contributed by atoms with Gasteiger partial charge in [-0.2, -0.15) is 5.26 Å². The molecule has 0 saturated heterocycles. The van der Waals surface area contributed by atoms with Crippen LogP contribution in [0.15, 0.2) is 42.5 Å². The first-order valence-electron chi connectivity index (χ1n) is 8.19. The molecule has 2 rings (SSSR count). The van der Waals surface area contributed by atoms with E-state index in [0.717, 1.165) is 11.1 Å². The molecular formula is C20H19N3O4. The fourth-order valence-corrected chi connectivity index (χ4v) is 2.42. The molecule has 0 aliphatic rings. The molecule has 2 aromatic carbocycles. The molecule has 0 fully saturated rings. The third-order valence-electron chi connectivity index (χ3n) is 3.48. The van der Waals surface area contributed by atoms with E-state index in [1.165, 1.54) is 24.3 Å². The van der Waals surface area contributed by atoms with E-state index >= 15 is 0 Å². The van der Waals surface area contributed by atoms with Crippen molar-refractivity contribution in [1.29, 1.82) is 5.26 Å². The Balaban J connectivity index is 1.86. The molecule has 0 bridgehead atoms. The van der Waals surface area contributed by atoms with Crippen molar-refractivity contribution in [1.82, 2.24) is 0 Å². The molecule has 0 spiro atoms. The van der Waals surface area contributed by atoms with Crippen LogP contribution in [0.1, 0.15) is 27.9 Å². The number of amides is 2. The average molecular weight is 365 g/mol. The van der Waals surface area contributed by atoms with Crippen LogP contribution in [0.5, 0.6) is 0 Å². The van der Waals surface area contributed by atoms with E-state index in [0.29, 0.717) is 11.4 Å². The predicted octanol–water partition coefficient (Wildman–Crippen LogP) is 2.95. The van der Waals surface area contributed by atoms with Gasteiger partial charge in [-0.15, -0.1) is 0 Å². The Labute approximate surface area is 156 Å². The lowest BCUT2D eigenvalue weighted by Crippen LogP contribution is -2.21. The summed E-state index contributed by atoms with van der Waals surface area (Å²) in [6, 6.07) is 13.3. The number of carbonyl (C=O) groups excluding carboxylic acids is 3. The molecule has 0 atom stereocenters. The first-order chi connectivity index (χ1) is 12.9. The van der Waals surface area contributed by atoms with Gasteiger partial charge in [0.05, 0.1) is 11.6 Å². The zero-order chi connectivity index (χ0) is 19.8. The minimum atomic E-state index is -0.652. The second kappa shape index (κ2) is 9.15. The Morgan fingerprint density at radius 1 is 0.926 bits per heavy atom. The number of benzene rings is 2. The van der Waals surface area contributed by atoms with E-state index in [1.807, 2.05) is 32.0 Å². The summed E-state index contributed by atoms with van der Waals surface area (Å²) in [5.41, 5.74) is 3.38. The fraction of sp³-hybridized carbons (Fsp3) is 0.200. The minimum Gasteiger partial charge on any atom is -0.452 e. The third kappa shape index (κ3) is 6.29. The molecule has 0 aromatic heterocycles. The van der Waals surface area contributed by atoms with Gasteiger partial charge in [0.2, 0.25) is 5.91 Å². The maximum atomic E-state index is 12.0. The molecule has 2 aromatic rings. The van der Waals surface area contributed by atoms with Gasteiger partial charge in [-0.25, -0.2) is 4.79 Å². The highest BCUT2D eigenvalue weighted by molar-refractivity contribution is 5.96. The summed E-state index contributed by atoms with van der Waals surface area (Å²) in [5.74, 6) is -1.52. The van der Waals surface area contributed by atoms with Crippen molar-refractivity contribution in [2.24, 2.45) is 0 Å². The van der Waals surface area contributed by atoms with Crippen molar-refractivity contribution in [3.8, 4) is 6.07 Å². The van der Waals surface area contributed by atoms with Crippen LogP contribution in [0, 0.1) is 25.2 Å².